The first-order chi connectivity index (χ1) is 13.6. The van der Waals surface area contributed by atoms with E-state index in [-0.39, 0.29) is 17.4 Å². The topological polar surface area (TPSA) is 60.5 Å². The third kappa shape index (κ3) is 3.35. The Hall–Kier alpha value is -3.22. The number of amides is 1. The summed E-state index contributed by atoms with van der Waals surface area (Å²) in [5, 5.41) is 3.57. The van der Waals surface area contributed by atoms with Crippen molar-refractivity contribution in [2.24, 2.45) is 0 Å². The van der Waals surface area contributed by atoms with Crippen LogP contribution in [0.2, 0.25) is 0 Å². The monoisotopic (exact) mass is 384 g/mol. The maximum absolute atomic E-state index is 13.1. The van der Waals surface area contributed by atoms with Crippen molar-refractivity contribution in [2.45, 2.75) is 25.9 Å². The van der Waals surface area contributed by atoms with Crippen LogP contribution in [-0.4, -0.2) is 24.6 Å². The summed E-state index contributed by atoms with van der Waals surface area (Å²) in [7, 11) is 1.36. The highest BCUT2D eigenvalue weighted by molar-refractivity contribution is 6.13. The predicted molar refractivity (Wildman–Crippen MR) is 101 cm³/mol. The average molecular weight is 384 g/mol. The summed E-state index contributed by atoms with van der Waals surface area (Å²) in [4.78, 5) is 17.8. The summed E-state index contributed by atoms with van der Waals surface area (Å²) >= 11 is 0. The van der Waals surface area contributed by atoms with Crippen molar-refractivity contribution >= 4 is 22.5 Å². The number of carbonyl (C=O) groups is 1. The minimum absolute atomic E-state index is 0.139. The van der Waals surface area contributed by atoms with Gasteiger partial charge in [-0.1, -0.05) is 18.2 Å². The van der Waals surface area contributed by atoms with Crippen LogP contribution in [0.4, 0.5) is 14.5 Å². The number of methoxy groups -OCH3 is 1. The molecule has 1 aliphatic carbocycles. The molecular weight excluding hydrogens is 366 g/mol. The molecule has 2 aromatic carbocycles. The van der Waals surface area contributed by atoms with E-state index in [0.29, 0.717) is 11.3 Å². The van der Waals surface area contributed by atoms with Gasteiger partial charge in [-0.3, -0.25) is 9.78 Å². The second-order valence-corrected chi connectivity index (χ2v) is 6.48. The van der Waals surface area contributed by atoms with Crippen LogP contribution in [0.25, 0.3) is 10.9 Å². The van der Waals surface area contributed by atoms with Crippen molar-refractivity contribution in [3.63, 3.8) is 0 Å². The molecule has 7 heteroatoms. The normalized spacial score (nSPS) is 12.9. The Kier molecular flexibility index (Phi) is 4.81. The number of rotatable bonds is 5. The Morgan fingerprint density at radius 1 is 1.14 bits per heavy atom. The Bertz CT molecular complexity index is 1050. The lowest BCUT2D eigenvalue weighted by Crippen LogP contribution is -2.16. The first-order valence-corrected chi connectivity index (χ1v) is 8.91. The van der Waals surface area contributed by atoms with Crippen LogP contribution < -0.4 is 14.8 Å². The van der Waals surface area contributed by atoms with Gasteiger partial charge in [0.15, 0.2) is 11.5 Å². The van der Waals surface area contributed by atoms with E-state index in [1.165, 1.54) is 19.2 Å². The summed E-state index contributed by atoms with van der Waals surface area (Å²) in [6, 6.07) is 11.9. The maximum atomic E-state index is 13.1. The Morgan fingerprint density at radius 2 is 1.96 bits per heavy atom. The van der Waals surface area contributed by atoms with E-state index in [0.717, 1.165) is 41.4 Å². The average Bonchev–Trinajstić information content (AvgIpc) is 3.13. The number of para-hydroxylation sites is 1. The Morgan fingerprint density at radius 3 is 2.75 bits per heavy atom. The first kappa shape index (κ1) is 18.2. The minimum atomic E-state index is -2.99. The lowest BCUT2D eigenvalue weighted by atomic mass is 10.0. The highest BCUT2D eigenvalue weighted by atomic mass is 19.3. The van der Waals surface area contributed by atoms with Gasteiger partial charge in [-0.05, 0) is 43.0 Å². The molecule has 28 heavy (non-hydrogen) atoms. The van der Waals surface area contributed by atoms with Crippen LogP contribution >= 0.6 is 0 Å². The van der Waals surface area contributed by atoms with Crippen LogP contribution in [0.5, 0.6) is 11.5 Å². The van der Waals surface area contributed by atoms with E-state index in [1.54, 1.807) is 6.07 Å². The number of halogens is 2. The molecule has 4 rings (SSSR count). The number of nitrogens with one attached hydrogen (secondary N) is 1. The van der Waals surface area contributed by atoms with Gasteiger partial charge in [-0.15, -0.1) is 0 Å². The second kappa shape index (κ2) is 7.42. The fourth-order valence-corrected chi connectivity index (χ4v) is 3.61. The third-order valence-corrected chi connectivity index (χ3v) is 4.78. The molecule has 0 radical (unpaired) electrons. The van der Waals surface area contributed by atoms with Crippen LogP contribution in [0.1, 0.15) is 28.0 Å². The van der Waals surface area contributed by atoms with E-state index >= 15 is 0 Å². The highest BCUT2D eigenvalue weighted by Gasteiger charge is 2.24. The SMILES string of the molecule is COc1ccc(NC(=O)c2c3c(nc4ccccc24)CCC3)cc1OC(F)F. The van der Waals surface area contributed by atoms with Crippen molar-refractivity contribution in [3.8, 4) is 11.5 Å². The number of aromatic nitrogens is 1. The summed E-state index contributed by atoms with van der Waals surface area (Å²) in [5.41, 5.74) is 3.60. The molecule has 1 heterocycles. The largest absolute Gasteiger partial charge is 0.493 e. The van der Waals surface area contributed by atoms with Crippen LogP contribution in [0.3, 0.4) is 0 Å². The van der Waals surface area contributed by atoms with Crippen molar-refractivity contribution in [1.29, 1.82) is 0 Å². The fraction of sp³-hybridized carbons (Fsp3) is 0.238. The highest BCUT2D eigenvalue weighted by Crippen LogP contribution is 2.33. The van der Waals surface area contributed by atoms with E-state index in [4.69, 9.17) is 4.74 Å². The number of fused-ring (bicyclic) bond motifs is 2. The zero-order chi connectivity index (χ0) is 19.7. The molecule has 0 aliphatic heterocycles. The minimum Gasteiger partial charge on any atom is -0.493 e. The van der Waals surface area contributed by atoms with Crippen molar-refractivity contribution in [2.75, 3.05) is 12.4 Å². The molecule has 1 amide bonds. The molecule has 3 aromatic rings. The zero-order valence-electron chi connectivity index (χ0n) is 15.2. The van der Waals surface area contributed by atoms with Gasteiger partial charge in [0.2, 0.25) is 0 Å². The molecule has 1 aliphatic rings. The molecule has 1 aromatic heterocycles. The molecule has 0 bridgehead atoms. The standard InChI is InChI=1S/C21H18F2N2O3/c1-27-17-10-9-12(11-18(17)28-21(22)23)24-20(26)19-13-5-2-3-7-15(13)25-16-8-4-6-14(16)19/h2-3,5,7,9-11,21H,4,6,8H2,1H3,(H,24,26). The van der Waals surface area contributed by atoms with E-state index in [2.05, 4.69) is 15.0 Å². The zero-order valence-corrected chi connectivity index (χ0v) is 15.2. The summed E-state index contributed by atoms with van der Waals surface area (Å²) in [6.45, 7) is -2.99. The Labute approximate surface area is 160 Å². The van der Waals surface area contributed by atoms with Gasteiger partial charge >= 0.3 is 6.61 Å². The smallest absolute Gasteiger partial charge is 0.387 e. The van der Waals surface area contributed by atoms with Gasteiger partial charge in [0.25, 0.3) is 5.91 Å². The van der Waals surface area contributed by atoms with Gasteiger partial charge in [0, 0.05) is 22.8 Å². The summed E-state index contributed by atoms with van der Waals surface area (Å²) in [6.07, 6.45) is 2.58. The molecule has 0 spiro atoms. The number of aryl methyl sites for hydroxylation is 1. The van der Waals surface area contributed by atoms with Gasteiger partial charge in [0.05, 0.1) is 18.2 Å². The van der Waals surface area contributed by atoms with Crippen molar-refractivity contribution in [3.05, 3.63) is 59.3 Å². The molecule has 0 atom stereocenters. The number of hydrogen-bond donors (Lipinski definition) is 1. The molecule has 0 saturated heterocycles. The fourth-order valence-electron chi connectivity index (χ4n) is 3.61. The van der Waals surface area contributed by atoms with Crippen LogP contribution in [0.15, 0.2) is 42.5 Å². The molecule has 0 fully saturated rings. The summed E-state index contributed by atoms with van der Waals surface area (Å²) in [5.74, 6) is -0.279. The van der Waals surface area contributed by atoms with Gasteiger partial charge < -0.3 is 14.8 Å². The maximum Gasteiger partial charge on any atom is 0.387 e. The lowest BCUT2D eigenvalue weighted by Gasteiger charge is -2.14. The first-order valence-electron chi connectivity index (χ1n) is 8.91. The van der Waals surface area contributed by atoms with Gasteiger partial charge in [0.1, 0.15) is 0 Å². The number of ether oxygens (including phenoxy) is 2. The van der Waals surface area contributed by atoms with Crippen LogP contribution in [0, 0.1) is 0 Å². The lowest BCUT2D eigenvalue weighted by molar-refractivity contribution is -0.0511. The molecule has 144 valence electrons. The number of anilines is 1. The second-order valence-electron chi connectivity index (χ2n) is 6.48. The van der Waals surface area contributed by atoms with E-state index < -0.39 is 6.61 Å². The number of carbonyl (C=O) groups excluding carboxylic acids is 1. The number of alkyl halides is 2. The summed E-state index contributed by atoms with van der Waals surface area (Å²) < 4.78 is 34.8. The number of benzene rings is 2. The molecule has 1 N–H and O–H groups in total. The molecule has 0 unspecified atom stereocenters. The van der Waals surface area contributed by atoms with Crippen LogP contribution in [-0.2, 0) is 12.8 Å². The van der Waals surface area contributed by atoms with Crippen molar-refractivity contribution < 1.29 is 23.0 Å². The number of nitrogens with zero attached hydrogens (tertiary/aromatic N) is 1. The van der Waals surface area contributed by atoms with E-state index in [9.17, 15) is 13.6 Å². The molecule has 5 nitrogen and oxygen atoms in total. The van der Waals surface area contributed by atoms with Gasteiger partial charge in [-0.25, -0.2) is 0 Å². The quantitative estimate of drug-likeness (QED) is 0.699. The third-order valence-electron chi connectivity index (χ3n) is 4.78. The predicted octanol–water partition coefficient (Wildman–Crippen LogP) is 4.59. The molecule has 0 saturated carbocycles. The number of hydrogen-bond acceptors (Lipinski definition) is 4. The number of pyridine rings is 1. The van der Waals surface area contributed by atoms with Gasteiger partial charge in [-0.2, -0.15) is 8.78 Å². The Balaban J connectivity index is 1.72. The molecular formula is C21H18F2N2O3. The van der Waals surface area contributed by atoms with Crippen molar-refractivity contribution in [1.82, 2.24) is 4.98 Å². The van der Waals surface area contributed by atoms with E-state index in [1.807, 2.05) is 24.3 Å².